The molecule has 0 saturated heterocycles. The third-order valence-electron chi connectivity index (χ3n) is 16.9. The van der Waals surface area contributed by atoms with Crippen LogP contribution < -0.4 is 0 Å². The number of carbonyl (C=O) groups excluding carboxylic acids is 4. The maximum atomic E-state index is 13.0. The van der Waals surface area contributed by atoms with E-state index in [1.54, 1.807) is 0 Å². The van der Waals surface area contributed by atoms with E-state index < -0.39 is 97.5 Å². The molecule has 0 aliphatic rings. The molecule has 17 nitrogen and oxygen atoms in total. The van der Waals surface area contributed by atoms with Gasteiger partial charge in [0.05, 0.1) is 26.4 Å². The first-order chi connectivity index (χ1) is 43.6. The Bertz CT molecular complexity index is 1800. The summed E-state index contributed by atoms with van der Waals surface area (Å²) in [7, 11) is -9.90. The number of aliphatic hydroxyl groups excluding tert-OH is 1. The monoisotopic (exact) mass is 1340 g/mol. The molecule has 540 valence electrons. The molecule has 0 radical (unpaired) electrons. The largest absolute Gasteiger partial charge is 0.472 e. The highest BCUT2D eigenvalue weighted by Gasteiger charge is 2.30. The molecule has 0 aliphatic heterocycles. The number of phosphoric ester groups is 2. The summed E-state index contributed by atoms with van der Waals surface area (Å²) in [4.78, 5) is 72.5. The van der Waals surface area contributed by atoms with Gasteiger partial charge in [-0.05, 0) is 49.4 Å². The van der Waals surface area contributed by atoms with Crippen molar-refractivity contribution in [2.75, 3.05) is 39.6 Å². The van der Waals surface area contributed by atoms with E-state index in [4.69, 9.17) is 37.0 Å². The summed E-state index contributed by atoms with van der Waals surface area (Å²) in [5, 5.41) is 10.6. The molecular formula is C72H140O17P2. The lowest BCUT2D eigenvalue weighted by molar-refractivity contribution is -0.161. The van der Waals surface area contributed by atoms with Crippen LogP contribution in [-0.2, 0) is 65.4 Å². The Kier molecular flexibility index (Phi) is 60.3. The van der Waals surface area contributed by atoms with E-state index in [-0.39, 0.29) is 25.7 Å². The molecule has 0 amide bonds. The molecule has 91 heavy (non-hydrogen) atoms. The summed E-state index contributed by atoms with van der Waals surface area (Å²) in [6, 6.07) is 0. The van der Waals surface area contributed by atoms with Gasteiger partial charge in [0.2, 0.25) is 0 Å². The Hall–Kier alpha value is -1.94. The van der Waals surface area contributed by atoms with E-state index >= 15 is 0 Å². The second-order valence-electron chi connectivity index (χ2n) is 27.6. The van der Waals surface area contributed by atoms with Crippen LogP contribution in [0.15, 0.2) is 0 Å². The molecule has 0 bridgehead atoms. The molecule has 3 N–H and O–H groups in total. The van der Waals surface area contributed by atoms with Gasteiger partial charge in [0.25, 0.3) is 0 Å². The highest BCUT2D eigenvalue weighted by Crippen LogP contribution is 2.45. The molecule has 0 heterocycles. The third kappa shape index (κ3) is 65.1. The Morgan fingerprint density at radius 1 is 0.308 bits per heavy atom. The van der Waals surface area contributed by atoms with Gasteiger partial charge in [-0.1, -0.05) is 306 Å². The molecule has 0 saturated carbocycles. The summed E-state index contributed by atoms with van der Waals surface area (Å²) in [5.74, 6) is 0.840. The SMILES string of the molecule is CCC(C)CCCCCCCCCCCCC(=O)O[C@H](COC(=O)CCCCCCCCC(C)C)COP(=O)(O)OC[C@H](O)COP(=O)(O)OC[C@@H](COC(=O)CCCCCCCCC(C)C)OC(=O)CCCCCCCCCCCCCCCCCCC(C)C. The first-order valence-electron chi connectivity index (χ1n) is 37.2. The van der Waals surface area contributed by atoms with Crippen molar-refractivity contribution < 1.29 is 80.2 Å². The number of carbonyl (C=O) groups is 4. The minimum absolute atomic E-state index is 0.105. The standard InChI is InChI=1S/C72H140O17P2/c1-9-65(8)51-43-35-25-21-18-19-23-27-39-47-55-72(77)89-68(59-83-70(75)53-45-37-31-29-34-42-50-64(6)7)61-87-91(80,81)85-57-66(73)56-84-90(78,79)86-60-67(58-82-69(74)52-44-36-30-28-33-41-49-63(4)5)88-71(76)54-46-38-26-22-17-15-13-11-10-12-14-16-20-24-32-40-48-62(2)3/h62-68,73H,9-61H2,1-8H3,(H,78,79)(H,80,81)/t65?,66-,67-,68-/m1/s1. The number of rotatable bonds is 69. The third-order valence-corrected chi connectivity index (χ3v) is 18.8. The predicted octanol–water partition coefficient (Wildman–Crippen LogP) is 20.5. The van der Waals surface area contributed by atoms with Crippen molar-refractivity contribution in [1.29, 1.82) is 0 Å². The number of ether oxygens (including phenoxy) is 4. The van der Waals surface area contributed by atoms with Crippen molar-refractivity contribution in [3.63, 3.8) is 0 Å². The zero-order chi connectivity index (χ0) is 67.5. The molecule has 0 aliphatic carbocycles. The summed E-state index contributed by atoms with van der Waals surface area (Å²) in [6.07, 6.45) is 44.7. The van der Waals surface area contributed by atoms with E-state index in [0.29, 0.717) is 37.5 Å². The summed E-state index contributed by atoms with van der Waals surface area (Å²) < 4.78 is 68.3. The second kappa shape index (κ2) is 61.6. The average Bonchev–Trinajstić information content (AvgIpc) is 3.64. The van der Waals surface area contributed by atoms with Crippen LogP contribution >= 0.6 is 15.6 Å². The van der Waals surface area contributed by atoms with Crippen molar-refractivity contribution in [2.24, 2.45) is 23.7 Å². The molecule has 19 heteroatoms. The molecular weight excluding hydrogens is 1200 g/mol. The van der Waals surface area contributed by atoms with Crippen LogP contribution in [0.5, 0.6) is 0 Å². The normalized spacial score (nSPS) is 14.5. The highest BCUT2D eigenvalue weighted by atomic mass is 31.2. The van der Waals surface area contributed by atoms with Crippen LogP contribution in [0.2, 0.25) is 0 Å². The van der Waals surface area contributed by atoms with Gasteiger partial charge in [-0.15, -0.1) is 0 Å². The van der Waals surface area contributed by atoms with E-state index in [9.17, 15) is 43.2 Å². The van der Waals surface area contributed by atoms with Crippen LogP contribution in [0.4, 0.5) is 0 Å². The molecule has 0 fully saturated rings. The van der Waals surface area contributed by atoms with E-state index in [1.807, 2.05) is 0 Å². The molecule has 0 spiro atoms. The lowest BCUT2D eigenvalue weighted by Crippen LogP contribution is -2.30. The first-order valence-corrected chi connectivity index (χ1v) is 40.2. The Labute approximate surface area is 556 Å². The number of aliphatic hydroxyl groups is 1. The Morgan fingerprint density at radius 3 is 0.780 bits per heavy atom. The Balaban J connectivity index is 5.18. The fourth-order valence-corrected chi connectivity index (χ4v) is 12.4. The zero-order valence-electron chi connectivity index (χ0n) is 59.5. The molecule has 0 aromatic carbocycles. The molecule has 6 atom stereocenters. The molecule has 0 rings (SSSR count). The minimum Gasteiger partial charge on any atom is -0.462 e. The maximum absolute atomic E-state index is 13.0. The lowest BCUT2D eigenvalue weighted by Gasteiger charge is -2.21. The summed E-state index contributed by atoms with van der Waals surface area (Å²) in [6.45, 7) is 14.1. The first kappa shape index (κ1) is 89.1. The zero-order valence-corrected chi connectivity index (χ0v) is 61.3. The van der Waals surface area contributed by atoms with Crippen LogP contribution in [0.3, 0.4) is 0 Å². The van der Waals surface area contributed by atoms with Gasteiger partial charge in [-0.25, -0.2) is 9.13 Å². The average molecular weight is 1340 g/mol. The smallest absolute Gasteiger partial charge is 0.462 e. The van der Waals surface area contributed by atoms with Crippen molar-refractivity contribution in [3.05, 3.63) is 0 Å². The van der Waals surface area contributed by atoms with E-state index in [0.717, 1.165) is 115 Å². The van der Waals surface area contributed by atoms with Gasteiger partial charge in [0, 0.05) is 25.7 Å². The van der Waals surface area contributed by atoms with Gasteiger partial charge >= 0.3 is 39.5 Å². The van der Waals surface area contributed by atoms with Gasteiger partial charge in [-0.2, -0.15) is 0 Å². The number of hydrogen-bond acceptors (Lipinski definition) is 15. The van der Waals surface area contributed by atoms with Gasteiger partial charge in [-0.3, -0.25) is 37.3 Å². The maximum Gasteiger partial charge on any atom is 0.472 e. The van der Waals surface area contributed by atoms with Crippen molar-refractivity contribution >= 4 is 39.5 Å². The van der Waals surface area contributed by atoms with Gasteiger partial charge < -0.3 is 33.8 Å². The summed E-state index contributed by atoms with van der Waals surface area (Å²) >= 11 is 0. The quantitative estimate of drug-likeness (QED) is 0.0222. The Morgan fingerprint density at radius 2 is 0.527 bits per heavy atom. The fourth-order valence-electron chi connectivity index (χ4n) is 10.8. The predicted molar refractivity (Wildman–Crippen MR) is 367 cm³/mol. The van der Waals surface area contributed by atoms with Crippen LogP contribution in [0, 0.1) is 23.7 Å². The highest BCUT2D eigenvalue weighted by molar-refractivity contribution is 7.47. The summed E-state index contributed by atoms with van der Waals surface area (Å²) in [5.41, 5.74) is 0. The van der Waals surface area contributed by atoms with Crippen molar-refractivity contribution in [1.82, 2.24) is 0 Å². The number of phosphoric acid groups is 2. The van der Waals surface area contributed by atoms with Gasteiger partial charge in [0.1, 0.15) is 19.3 Å². The lowest BCUT2D eigenvalue weighted by atomic mass is 9.99. The van der Waals surface area contributed by atoms with Crippen molar-refractivity contribution in [2.45, 2.75) is 375 Å². The molecule has 0 aromatic rings. The van der Waals surface area contributed by atoms with Crippen LogP contribution in [-0.4, -0.2) is 96.7 Å². The molecule has 3 unspecified atom stereocenters. The van der Waals surface area contributed by atoms with Crippen LogP contribution in [0.25, 0.3) is 0 Å². The van der Waals surface area contributed by atoms with Crippen LogP contribution in [0.1, 0.15) is 357 Å². The fraction of sp³-hybridized carbons (Fsp3) is 0.944. The van der Waals surface area contributed by atoms with E-state index in [1.165, 1.54) is 148 Å². The number of unbranched alkanes of at least 4 members (excludes halogenated alkanes) is 34. The molecule has 0 aromatic heterocycles. The second-order valence-corrected chi connectivity index (χ2v) is 30.6. The van der Waals surface area contributed by atoms with Gasteiger partial charge in [0.15, 0.2) is 12.2 Å². The minimum atomic E-state index is -4.95. The topological polar surface area (TPSA) is 237 Å². The number of esters is 4. The number of hydrogen-bond donors (Lipinski definition) is 3. The van der Waals surface area contributed by atoms with Crippen molar-refractivity contribution in [3.8, 4) is 0 Å². The van der Waals surface area contributed by atoms with E-state index in [2.05, 4.69) is 55.4 Å².